The van der Waals surface area contributed by atoms with Crippen LogP contribution in [-0.4, -0.2) is 6.29 Å². The Labute approximate surface area is 114 Å². The summed E-state index contributed by atoms with van der Waals surface area (Å²) >= 11 is 0. The Morgan fingerprint density at radius 1 is 0.611 bits per heavy atom. The highest BCUT2D eigenvalue weighted by molar-refractivity contribution is 5.48. The van der Waals surface area contributed by atoms with Crippen LogP contribution in [0.3, 0.4) is 0 Å². The molecular weight excluding hydrogens is 220 g/mol. The average Bonchev–Trinajstić information content (AvgIpc) is 2.39. The van der Waals surface area contributed by atoms with Crippen molar-refractivity contribution in [3.63, 3.8) is 0 Å². The normalized spacial score (nSPS) is 11.2. The van der Waals surface area contributed by atoms with Gasteiger partial charge in [0.15, 0.2) is 0 Å². The molecule has 0 bridgehead atoms. The molecule has 0 fully saturated rings. The fraction of sp³-hybridized carbons (Fsp3) is 0.824. The van der Waals surface area contributed by atoms with Gasteiger partial charge in [-0.25, -0.2) is 0 Å². The van der Waals surface area contributed by atoms with Gasteiger partial charge in [-0.3, -0.25) is 0 Å². The van der Waals surface area contributed by atoms with Crippen LogP contribution in [0.5, 0.6) is 0 Å². The number of unbranched alkanes of at least 4 members (excludes halogenated alkanes) is 11. The second-order valence-electron chi connectivity index (χ2n) is 5.19. The maximum absolute atomic E-state index is 10.1. The molecule has 0 saturated heterocycles. The van der Waals surface area contributed by atoms with Gasteiger partial charge in [-0.05, 0) is 25.7 Å². The number of hydrogen-bond acceptors (Lipinski definition) is 1. The molecule has 0 aromatic rings. The van der Waals surface area contributed by atoms with Crippen LogP contribution in [0.2, 0.25) is 0 Å². The summed E-state index contributed by atoms with van der Waals surface area (Å²) in [5.74, 6) is 0. The molecule has 0 saturated carbocycles. The molecule has 0 aromatic heterocycles. The quantitative estimate of drug-likeness (QED) is 0.216. The smallest absolute Gasteiger partial charge is 0.120 e. The van der Waals surface area contributed by atoms with Crippen LogP contribution in [0, 0.1) is 0 Å². The molecule has 0 heterocycles. The predicted molar refractivity (Wildman–Crippen MR) is 80.9 cm³/mol. The maximum Gasteiger partial charge on any atom is 0.120 e. The van der Waals surface area contributed by atoms with Crippen LogP contribution in [-0.2, 0) is 4.79 Å². The Morgan fingerprint density at radius 3 is 1.67 bits per heavy atom. The summed E-state index contributed by atoms with van der Waals surface area (Å²) in [7, 11) is 0. The molecule has 106 valence electrons. The van der Waals surface area contributed by atoms with Crippen LogP contribution in [0.4, 0.5) is 0 Å². The van der Waals surface area contributed by atoms with Crippen molar-refractivity contribution in [3.05, 3.63) is 12.2 Å². The third-order valence-electron chi connectivity index (χ3n) is 3.33. The molecule has 1 nitrogen and oxygen atoms in total. The minimum atomic E-state index is 0.711. The zero-order valence-corrected chi connectivity index (χ0v) is 12.3. The van der Waals surface area contributed by atoms with E-state index in [2.05, 4.69) is 19.1 Å². The van der Waals surface area contributed by atoms with Crippen molar-refractivity contribution in [2.75, 3.05) is 0 Å². The molecule has 0 spiro atoms. The van der Waals surface area contributed by atoms with Gasteiger partial charge >= 0.3 is 0 Å². The summed E-state index contributed by atoms with van der Waals surface area (Å²) in [5, 5.41) is 0. The summed E-state index contributed by atoms with van der Waals surface area (Å²) in [5.41, 5.74) is 0. The molecule has 0 aliphatic carbocycles. The molecule has 0 amide bonds. The van der Waals surface area contributed by atoms with Crippen LogP contribution < -0.4 is 0 Å². The Kier molecular flexibility index (Phi) is 15.9. The Morgan fingerprint density at radius 2 is 1.11 bits per heavy atom. The minimum absolute atomic E-state index is 0.711. The first kappa shape index (κ1) is 17.4. The third kappa shape index (κ3) is 15.4. The van der Waals surface area contributed by atoms with Gasteiger partial charge in [0, 0.05) is 6.42 Å². The lowest BCUT2D eigenvalue weighted by Gasteiger charge is -2.00. The lowest BCUT2D eigenvalue weighted by Crippen LogP contribution is -1.80. The van der Waals surface area contributed by atoms with Crippen molar-refractivity contribution in [3.8, 4) is 0 Å². The second kappa shape index (κ2) is 16.4. The molecular formula is C17H32O. The third-order valence-corrected chi connectivity index (χ3v) is 3.33. The number of aldehydes is 1. The second-order valence-corrected chi connectivity index (χ2v) is 5.19. The lowest BCUT2D eigenvalue weighted by molar-refractivity contribution is -0.107. The highest BCUT2D eigenvalue weighted by Gasteiger charge is 1.91. The lowest BCUT2D eigenvalue weighted by atomic mass is 10.1. The van der Waals surface area contributed by atoms with Gasteiger partial charge in [-0.1, -0.05) is 70.4 Å². The van der Waals surface area contributed by atoms with Crippen LogP contribution >= 0.6 is 0 Å². The molecule has 0 aliphatic rings. The van der Waals surface area contributed by atoms with Crippen molar-refractivity contribution in [2.24, 2.45) is 0 Å². The summed E-state index contributed by atoms with van der Waals surface area (Å²) in [6.45, 7) is 2.27. The SMILES string of the molecule is CCCCCCCCCCC/C=C/CCCC=O. The molecule has 18 heavy (non-hydrogen) atoms. The highest BCUT2D eigenvalue weighted by atomic mass is 16.1. The van der Waals surface area contributed by atoms with E-state index < -0.39 is 0 Å². The summed E-state index contributed by atoms with van der Waals surface area (Å²) < 4.78 is 0. The molecule has 0 rings (SSSR count). The van der Waals surface area contributed by atoms with E-state index >= 15 is 0 Å². The fourth-order valence-corrected chi connectivity index (χ4v) is 2.13. The van der Waals surface area contributed by atoms with Gasteiger partial charge in [0.2, 0.25) is 0 Å². The molecule has 0 N–H and O–H groups in total. The van der Waals surface area contributed by atoms with Crippen LogP contribution in [0.1, 0.15) is 90.4 Å². The van der Waals surface area contributed by atoms with E-state index in [-0.39, 0.29) is 0 Å². The maximum atomic E-state index is 10.1. The first-order chi connectivity index (χ1) is 8.91. The molecule has 0 unspecified atom stereocenters. The summed E-state index contributed by atoms with van der Waals surface area (Å²) in [6.07, 6.45) is 22.1. The highest BCUT2D eigenvalue weighted by Crippen LogP contribution is 2.10. The first-order valence-corrected chi connectivity index (χ1v) is 8.00. The minimum Gasteiger partial charge on any atom is -0.303 e. The van der Waals surface area contributed by atoms with Gasteiger partial charge < -0.3 is 4.79 Å². The molecule has 0 aromatic carbocycles. The van der Waals surface area contributed by atoms with E-state index in [1.807, 2.05) is 0 Å². The number of carbonyl (C=O) groups excluding carboxylic acids is 1. The number of hydrogen-bond donors (Lipinski definition) is 0. The van der Waals surface area contributed by atoms with E-state index in [4.69, 9.17) is 0 Å². The van der Waals surface area contributed by atoms with Crippen molar-refractivity contribution in [1.29, 1.82) is 0 Å². The molecule has 0 aliphatic heterocycles. The zero-order valence-electron chi connectivity index (χ0n) is 12.3. The molecule has 0 radical (unpaired) electrons. The van der Waals surface area contributed by atoms with Gasteiger partial charge in [-0.2, -0.15) is 0 Å². The largest absolute Gasteiger partial charge is 0.303 e. The van der Waals surface area contributed by atoms with Crippen molar-refractivity contribution < 1.29 is 4.79 Å². The van der Waals surface area contributed by atoms with E-state index in [1.165, 1.54) is 64.2 Å². The van der Waals surface area contributed by atoms with E-state index in [9.17, 15) is 4.79 Å². The van der Waals surface area contributed by atoms with Crippen molar-refractivity contribution >= 4 is 6.29 Å². The number of carbonyl (C=O) groups is 1. The van der Waals surface area contributed by atoms with Crippen molar-refractivity contribution in [1.82, 2.24) is 0 Å². The van der Waals surface area contributed by atoms with Crippen molar-refractivity contribution in [2.45, 2.75) is 90.4 Å². The van der Waals surface area contributed by atoms with Gasteiger partial charge in [0.1, 0.15) is 6.29 Å². The van der Waals surface area contributed by atoms with Crippen LogP contribution in [0.25, 0.3) is 0 Å². The number of rotatable bonds is 14. The summed E-state index contributed by atoms with van der Waals surface area (Å²) in [6, 6.07) is 0. The Bertz CT molecular complexity index is 184. The average molecular weight is 252 g/mol. The monoisotopic (exact) mass is 252 g/mol. The topological polar surface area (TPSA) is 17.1 Å². The zero-order chi connectivity index (χ0) is 13.3. The van der Waals surface area contributed by atoms with Gasteiger partial charge in [0.25, 0.3) is 0 Å². The Hall–Kier alpha value is -0.590. The van der Waals surface area contributed by atoms with E-state index in [0.717, 1.165) is 19.1 Å². The van der Waals surface area contributed by atoms with E-state index in [0.29, 0.717) is 6.42 Å². The fourth-order valence-electron chi connectivity index (χ4n) is 2.13. The first-order valence-electron chi connectivity index (χ1n) is 8.00. The van der Waals surface area contributed by atoms with E-state index in [1.54, 1.807) is 0 Å². The molecule has 1 heteroatoms. The molecule has 0 atom stereocenters. The van der Waals surface area contributed by atoms with Gasteiger partial charge in [-0.15, -0.1) is 0 Å². The number of allylic oxidation sites excluding steroid dienone is 2. The van der Waals surface area contributed by atoms with Crippen LogP contribution in [0.15, 0.2) is 12.2 Å². The Balaban J connectivity index is 3.00. The van der Waals surface area contributed by atoms with Gasteiger partial charge in [0.05, 0.1) is 0 Å². The summed E-state index contributed by atoms with van der Waals surface area (Å²) in [4.78, 5) is 10.1. The predicted octanol–water partition coefficient (Wildman–Crippen LogP) is 5.83. The standard InChI is InChI=1S/C17H32O/c1-2-3-4-5-6-7-8-9-10-11-12-13-14-15-16-17-18/h12-13,17H,2-11,14-16H2,1H3/b13-12+.